The Balaban J connectivity index is 1.44. The van der Waals surface area contributed by atoms with Crippen LogP contribution in [0.1, 0.15) is 58.4 Å². The summed E-state index contributed by atoms with van der Waals surface area (Å²) >= 11 is 0. The zero-order chi connectivity index (χ0) is 20.1. The maximum Gasteiger partial charge on any atom is 0.245 e. The van der Waals surface area contributed by atoms with Crippen LogP contribution < -0.4 is 16.0 Å². The molecule has 0 heterocycles. The Hall–Kier alpha value is -2.04. The first kappa shape index (κ1) is 19.3. The van der Waals surface area contributed by atoms with Crippen molar-refractivity contribution in [2.45, 2.75) is 76.9 Å². The fourth-order valence-electron chi connectivity index (χ4n) is 6.26. The lowest BCUT2D eigenvalue weighted by atomic mass is 9.51. The molecule has 2 amide bonds. The fourth-order valence-corrected chi connectivity index (χ4v) is 6.26. The second kappa shape index (κ2) is 6.78. The maximum absolute atomic E-state index is 13.2. The van der Waals surface area contributed by atoms with E-state index in [0.717, 1.165) is 24.9 Å². The van der Waals surface area contributed by atoms with Crippen molar-refractivity contribution in [1.29, 1.82) is 0 Å². The standard InChI is InChI=1S/C23H33N3O2/c1-14-6-5-7-19(8-14)26-22(3,4)21(28)24-20-17-9-16-10-18(20)13-23(11-16,12-17)25-15(2)27/h5-8,16-18,20,26H,9-13H2,1-4H3,(H,24,28)(H,25,27)/t16?,17-,18+,20?,23?. The Bertz CT molecular complexity index is 772. The molecule has 0 aromatic heterocycles. The second-order valence-electron chi connectivity index (χ2n) is 10.1. The van der Waals surface area contributed by atoms with Crippen LogP contribution in [-0.4, -0.2) is 28.9 Å². The Morgan fingerprint density at radius 1 is 1.11 bits per heavy atom. The molecular weight excluding hydrogens is 350 g/mol. The van der Waals surface area contributed by atoms with Gasteiger partial charge in [0.15, 0.2) is 0 Å². The quantitative estimate of drug-likeness (QED) is 0.730. The Kier molecular flexibility index (Phi) is 4.67. The van der Waals surface area contributed by atoms with Crippen LogP contribution in [0.5, 0.6) is 0 Å². The zero-order valence-electron chi connectivity index (χ0n) is 17.5. The molecule has 0 radical (unpaired) electrons. The van der Waals surface area contributed by atoms with Crippen LogP contribution >= 0.6 is 0 Å². The van der Waals surface area contributed by atoms with Gasteiger partial charge in [-0.15, -0.1) is 0 Å². The van der Waals surface area contributed by atoms with E-state index in [4.69, 9.17) is 0 Å². The van der Waals surface area contributed by atoms with Crippen molar-refractivity contribution in [3.05, 3.63) is 29.8 Å². The molecule has 4 fully saturated rings. The van der Waals surface area contributed by atoms with Gasteiger partial charge in [0.2, 0.25) is 11.8 Å². The highest BCUT2D eigenvalue weighted by molar-refractivity contribution is 5.88. The number of hydrogen-bond acceptors (Lipinski definition) is 3. The third-order valence-corrected chi connectivity index (χ3v) is 7.05. The van der Waals surface area contributed by atoms with Gasteiger partial charge in [0.1, 0.15) is 5.54 Å². The van der Waals surface area contributed by atoms with Gasteiger partial charge in [0.25, 0.3) is 0 Å². The van der Waals surface area contributed by atoms with Crippen molar-refractivity contribution in [3.8, 4) is 0 Å². The molecule has 4 aliphatic carbocycles. The molecule has 152 valence electrons. The fraction of sp³-hybridized carbons (Fsp3) is 0.652. The molecule has 4 saturated carbocycles. The van der Waals surface area contributed by atoms with E-state index in [0.29, 0.717) is 17.8 Å². The molecule has 4 bridgehead atoms. The monoisotopic (exact) mass is 383 g/mol. The minimum absolute atomic E-state index is 0.0289. The first-order chi connectivity index (χ1) is 13.2. The molecule has 4 aliphatic rings. The number of carbonyl (C=O) groups is 2. The van der Waals surface area contributed by atoms with Crippen molar-refractivity contribution < 1.29 is 9.59 Å². The molecule has 1 aromatic rings. The zero-order valence-corrected chi connectivity index (χ0v) is 17.5. The molecule has 3 N–H and O–H groups in total. The topological polar surface area (TPSA) is 70.2 Å². The molecule has 5 heteroatoms. The first-order valence-corrected chi connectivity index (χ1v) is 10.6. The summed E-state index contributed by atoms with van der Waals surface area (Å²) in [5.41, 5.74) is 1.43. The van der Waals surface area contributed by atoms with E-state index < -0.39 is 5.54 Å². The molecule has 0 spiro atoms. The molecule has 3 unspecified atom stereocenters. The van der Waals surface area contributed by atoms with Gasteiger partial charge < -0.3 is 16.0 Å². The Labute approximate surface area is 168 Å². The van der Waals surface area contributed by atoms with Crippen LogP contribution in [0.2, 0.25) is 0 Å². The number of aryl methyl sites for hydroxylation is 1. The summed E-state index contributed by atoms with van der Waals surface area (Å²) in [4.78, 5) is 24.9. The number of rotatable bonds is 5. The highest BCUT2D eigenvalue weighted by Crippen LogP contribution is 2.55. The minimum Gasteiger partial charge on any atom is -0.372 e. The smallest absolute Gasteiger partial charge is 0.245 e. The van der Waals surface area contributed by atoms with Crippen LogP contribution in [0.3, 0.4) is 0 Å². The van der Waals surface area contributed by atoms with Crippen LogP contribution in [0, 0.1) is 24.7 Å². The van der Waals surface area contributed by atoms with Crippen LogP contribution in [0.4, 0.5) is 5.69 Å². The molecule has 0 aliphatic heterocycles. The Morgan fingerprint density at radius 3 is 2.39 bits per heavy atom. The second-order valence-corrected chi connectivity index (χ2v) is 10.1. The van der Waals surface area contributed by atoms with E-state index in [9.17, 15) is 9.59 Å². The third-order valence-electron chi connectivity index (χ3n) is 7.05. The number of amides is 2. The average molecular weight is 384 g/mol. The number of carbonyl (C=O) groups excluding carboxylic acids is 2. The number of anilines is 1. The lowest BCUT2D eigenvalue weighted by Crippen LogP contribution is -2.67. The van der Waals surface area contributed by atoms with Gasteiger partial charge in [-0.2, -0.15) is 0 Å². The first-order valence-electron chi connectivity index (χ1n) is 10.6. The van der Waals surface area contributed by atoms with E-state index >= 15 is 0 Å². The summed E-state index contributed by atoms with van der Waals surface area (Å²) in [7, 11) is 0. The van der Waals surface area contributed by atoms with Gasteiger partial charge in [0.05, 0.1) is 0 Å². The van der Waals surface area contributed by atoms with E-state index in [1.54, 1.807) is 6.92 Å². The van der Waals surface area contributed by atoms with Crippen molar-refractivity contribution >= 4 is 17.5 Å². The summed E-state index contributed by atoms with van der Waals surface area (Å²) < 4.78 is 0. The van der Waals surface area contributed by atoms with Gasteiger partial charge in [-0.25, -0.2) is 0 Å². The lowest BCUT2D eigenvalue weighted by Gasteiger charge is -2.60. The summed E-state index contributed by atoms with van der Waals surface area (Å²) in [6, 6.07) is 8.35. The number of benzene rings is 1. The summed E-state index contributed by atoms with van der Waals surface area (Å²) in [5, 5.41) is 10.1. The number of nitrogens with one attached hydrogen (secondary N) is 3. The van der Waals surface area contributed by atoms with Gasteiger partial charge in [-0.1, -0.05) is 12.1 Å². The van der Waals surface area contributed by atoms with Crippen molar-refractivity contribution in [2.24, 2.45) is 17.8 Å². The SMILES string of the molecule is CC(=O)NC12CC3C[C@H](C1)C(NC(=O)C(C)(C)Nc1cccc(C)c1)[C@@H](C3)C2. The predicted octanol–water partition coefficient (Wildman–Crippen LogP) is 3.39. The highest BCUT2D eigenvalue weighted by Gasteiger charge is 2.56. The molecule has 1 aromatic carbocycles. The van der Waals surface area contributed by atoms with Gasteiger partial charge in [-0.05, 0) is 88.3 Å². The van der Waals surface area contributed by atoms with Crippen molar-refractivity contribution in [3.63, 3.8) is 0 Å². The van der Waals surface area contributed by atoms with Gasteiger partial charge in [0, 0.05) is 24.2 Å². The summed E-state index contributed by atoms with van der Waals surface area (Å²) in [5.74, 6) is 1.76. The normalized spacial score (nSPS) is 33.4. The minimum atomic E-state index is -0.683. The third kappa shape index (κ3) is 3.63. The van der Waals surface area contributed by atoms with Gasteiger partial charge in [-0.3, -0.25) is 9.59 Å². The lowest BCUT2D eigenvalue weighted by molar-refractivity contribution is -0.132. The molecular formula is C23H33N3O2. The van der Waals surface area contributed by atoms with Crippen LogP contribution in [-0.2, 0) is 9.59 Å². The molecule has 5 atom stereocenters. The average Bonchev–Trinajstić information content (AvgIpc) is 2.55. The summed E-state index contributed by atoms with van der Waals surface area (Å²) in [6.45, 7) is 7.56. The van der Waals surface area contributed by atoms with Crippen molar-refractivity contribution in [1.82, 2.24) is 10.6 Å². The molecule has 5 rings (SSSR count). The van der Waals surface area contributed by atoms with E-state index in [1.807, 2.05) is 26.0 Å². The highest BCUT2D eigenvalue weighted by atomic mass is 16.2. The largest absolute Gasteiger partial charge is 0.372 e. The molecule has 0 saturated heterocycles. The van der Waals surface area contributed by atoms with E-state index in [2.05, 4.69) is 35.0 Å². The predicted molar refractivity (Wildman–Crippen MR) is 111 cm³/mol. The van der Waals surface area contributed by atoms with E-state index in [1.165, 1.54) is 18.4 Å². The molecule has 5 nitrogen and oxygen atoms in total. The van der Waals surface area contributed by atoms with Gasteiger partial charge >= 0.3 is 0 Å². The van der Waals surface area contributed by atoms with Crippen molar-refractivity contribution in [2.75, 3.05) is 5.32 Å². The Morgan fingerprint density at radius 2 is 1.79 bits per heavy atom. The maximum atomic E-state index is 13.2. The number of hydrogen-bond donors (Lipinski definition) is 3. The molecule has 28 heavy (non-hydrogen) atoms. The van der Waals surface area contributed by atoms with E-state index in [-0.39, 0.29) is 23.4 Å². The van der Waals surface area contributed by atoms with Crippen LogP contribution in [0.25, 0.3) is 0 Å². The summed E-state index contributed by atoms with van der Waals surface area (Å²) in [6.07, 6.45) is 5.45. The van der Waals surface area contributed by atoms with Crippen LogP contribution in [0.15, 0.2) is 24.3 Å².